The summed E-state index contributed by atoms with van der Waals surface area (Å²) in [6.45, 7) is 1.28. The standard InChI is InChI=1S/C15H12F4O/c1-15(20,10-5-12(17)7-13(18)6-10)8-9-4-11(16)2-3-14(9)19/h2-7,20H,8H2,1H3. The molecule has 5 heteroatoms. The minimum absolute atomic E-state index is 0.0429. The van der Waals surface area contributed by atoms with E-state index in [1.54, 1.807) is 0 Å². The van der Waals surface area contributed by atoms with Crippen LogP contribution in [0.4, 0.5) is 17.6 Å². The van der Waals surface area contributed by atoms with E-state index >= 15 is 0 Å². The second-order valence-corrected chi connectivity index (χ2v) is 4.84. The molecule has 20 heavy (non-hydrogen) atoms. The molecule has 106 valence electrons. The third-order valence-electron chi connectivity index (χ3n) is 3.03. The smallest absolute Gasteiger partial charge is 0.126 e. The molecule has 0 aliphatic heterocycles. The Morgan fingerprint density at radius 3 is 2.10 bits per heavy atom. The molecule has 0 aliphatic rings. The fraction of sp³-hybridized carbons (Fsp3) is 0.200. The average Bonchev–Trinajstić information content (AvgIpc) is 2.32. The fourth-order valence-electron chi connectivity index (χ4n) is 2.02. The summed E-state index contributed by atoms with van der Waals surface area (Å²) < 4.78 is 52.9. The van der Waals surface area contributed by atoms with Gasteiger partial charge in [0.15, 0.2) is 0 Å². The van der Waals surface area contributed by atoms with Crippen molar-refractivity contribution >= 4 is 0 Å². The van der Waals surface area contributed by atoms with Crippen LogP contribution in [0, 0.1) is 23.3 Å². The van der Waals surface area contributed by atoms with E-state index in [0.29, 0.717) is 6.07 Å². The van der Waals surface area contributed by atoms with Crippen molar-refractivity contribution < 1.29 is 22.7 Å². The summed E-state index contributed by atoms with van der Waals surface area (Å²) >= 11 is 0. The van der Waals surface area contributed by atoms with Crippen molar-refractivity contribution in [3.63, 3.8) is 0 Å². The maximum Gasteiger partial charge on any atom is 0.126 e. The topological polar surface area (TPSA) is 20.2 Å². The van der Waals surface area contributed by atoms with E-state index in [2.05, 4.69) is 0 Å². The molecule has 0 heterocycles. The zero-order valence-electron chi connectivity index (χ0n) is 10.6. The first-order chi connectivity index (χ1) is 9.28. The summed E-state index contributed by atoms with van der Waals surface area (Å²) in [5.74, 6) is -3.04. The summed E-state index contributed by atoms with van der Waals surface area (Å²) in [7, 11) is 0. The van der Waals surface area contributed by atoms with E-state index < -0.39 is 28.9 Å². The number of aliphatic hydroxyl groups is 1. The van der Waals surface area contributed by atoms with Gasteiger partial charge in [0.2, 0.25) is 0 Å². The van der Waals surface area contributed by atoms with E-state index in [9.17, 15) is 22.7 Å². The van der Waals surface area contributed by atoms with Crippen molar-refractivity contribution in [1.82, 2.24) is 0 Å². The lowest BCUT2D eigenvalue weighted by molar-refractivity contribution is 0.0559. The van der Waals surface area contributed by atoms with Crippen LogP contribution < -0.4 is 0 Å². The summed E-state index contributed by atoms with van der Waals surface area (Å²) in [6.07, 6.45) is -0.306. The maximum absolute atomic E-state index is 13.5. The van der Waals surface area contributed by atoms with Crippen LogP contribution >= 0.6 is 0 Å². The molecule has 0 radical (unpaired) electrons. The molecule has 2 aromatic rings. The second-order valence-electron chi connectivity index (χ2n) is 4.84. The zero-order chi connectivity index (χ0) is 14.9. The Bertz CT molecular complexity index is 618. The van der Waals surface area contributed by atoms with Gasteiger partial charge in [0.05, 0.1) is 5.60 Å². The molecule has 2 rings (SSSR count). The average molecular weight is 284 g/mol. The SMILES string of the molecule is CC(O)(Cc1cc(F)ccc1F)c1cc(F)cc(F)c1. The Balaban J connectivity index is 2.37. The van der Waals surface area contributed by atoms with Gasteiger partial charge in [-0.1, -0.05) is 0 Å². The first-order valence-electron chi connectivity index (χ1n) is 5.91. The van der Waals surface area contributed by atoms with Gasteiger partial charge in [-0.2, -0.15) is 0 Å². The molecule has 0 saturated carbocycles. The Hall–Kier alpha value is -1.88. The van der Waals surface area contributed by atoms with Gasteiger partial charge in [0.25, 0.3) is 0 Å². The third-order valence-corrected chi connectivity index (χ3v) is 3.03. The largest absolute Gasteiger partial charge is 0.385 e. The minimum atomic E-state index is -1.72. The van der Waals surface area contributed by atoms with E-state index in [1.165, 1.54) is 6.92 Å². The molecular weight excluding hydrogens is 272 g/mol. The van der Waals surface area contributed by atoms with Crippen LogP contribution in [0.1, 0.15) is 18.1 Å². The first-order valence-corrected chi connectivity index (χ1v) is 5.91. The molecule has 0 aromatic heterocycles. The van der Waals surface area contributed by atoms with Gasteiger partial charge >= 0.3 is 0 Å². The van der Waals surface area contributed by atoms with E-state index in [0.717, 1.165) is 30.3 Å². The summed E-state index contributed by atoms with van der Waals surface area (Å²) in [6, 6.07) is 5.42. The van der Waals surface area contributed by atoms with E-state index in [-0.39, 0.29) is 17.5 Å². The van der Waals surface area contributed by atoms with Crippen LogP contribution in [-0.4, -0.2) is 5.11 Å². The number of halogens is 4. The van der Waals surface area contributed by atoms with Crippen LogP contribution in [-0.2, 0) is 12.0 Å². The highest BCUT2D eigenvalue weighted by Gasteiger charge is 2.26. The van der Waals surface area contributed by atoms with Gasteiger partial charge in [-0.05, 0) is 48.4 Å². The van der Waals surface area contributed by atoms with Crippen molar-refractivity contribution in [3.8, 4) is 0 Å². The molecule has 1 atom stereocenters. The van der Waals surface area contributed by atoms with E-state index in [4.69, 9.17) is 0 Å². The summed E-state index contributed by atoms with van der Waals surface area (Å²) in [5.41, 5.74) is -1.84. The molecule has 0 amide bonds. The quantitative estimate of drug-likeness (QED) is 0.852. The Morgan fingerprint density at radius 2 is 1.50 bits per heavy atom. The molecule has 0 bridgehead atoms. The lowest BCUT2D eigenvalue weighted by atomic mass is 9.88. The molecule has 1 unspecified atom stereocenters. The fourth-order valence-corrected chi connectivity index (χ4v) is 2.02. The molecule has 1 N–H and O–H groups in total. The van der Waals surface area contributed by atoms with Crippen molar-refractivity contribution in [3.05, 3.63) is 70.8 Å². The Labute approximate surface area is 113 Å². The normalized spacial score (nSPS) is 14.1. The first kappa shape index (κ1) is 14.5. The molecule has 0 fully saturated rings. The van der Waals surface area contributed by atoms with Crippen molar-refractivity contribution in [2.45, 2.75) is 18.9 Å². The predicted octanol–water partition coefficient (Wildman–Crippen LogP) is 3.69. The van der Waals surface area contributed by atoms with Gasteiger partial charge in [-0.15, -0.1) is 0 Å². The van der Waals surface area contributed by atoms with Gasteiger partial charge in [0.1, 0.15) is 23.3 Å². The summed E-state index contributed by atoms with van der Waals surface area (Å²) in [4.78, 5) is 0. The van der Waals surface area contributed by atoms with Crippen LogP contribution in [0.15, 0.2) is 36.4 Å². The predicted molar refractivity (Wildman–Crippen MR) is 66.0 cm³/mol. The molecular formula is C15H12F4O. The van der Waals surface area contributed by atoms with E-state index in [1.807, 2.05) is 0 Å². The Kier molecular flexibility index (Phi) is 3.81. The van der Waals surface area contributed by atoms with Crippen LogP contribution in [0.3, 0.4) is 0 Å². The highest BCUT2D eigenvalue weighted by atomic mass is 19.1. The number of hydrogen-bond donors (Lipinski definition) is 1. The number of hydrogen-bond acceptors (Lipinski definition) is 1. The highest BCUT2D eigenvalue weighted by Crippen LogP contribution is 2.28. The lowest BCUT2D eigenvalue weighted by Gasteiger charge is -2.24. The molecule has 0 saturated heterocycles. The molecule has 2 aromatic carbocycles. The highest BCUT2D eigenvalue weighted by molar-refractivity contribution is 5.28. The van der Waals surface area contributed by atoms with Crippen LogP contribution in [0.25, 0.3) is 0 Å². The van der Waals surface area contributed by atoms with Crippen molar-refractivity contribution in [1.29, 1.82) is 0 Å². The second kappa shape index (κ2) is 5.25. The number of benzene rings is 2. The van der Waals surface area contributed by atoms with Gasteiger partial charge in [-0.25, -0.2) is 17.6 Å². The van der Waals surface area contributed by atoms with Gasteiger partial charge in [-0.3, -0.25) is 0 Å². The Morgan fingerprint density at radius 1 is 0.900 bits per heavy atom. The van der Waals surface area contributed by atoms with Crippen LogP contribution in [0.5, 0.6) is 0 Å². The van der Waals surface area contributed by atoms with Crippen LogP contribution in [0.2, 0.25) is 0 Å². The third kappa shape index (κ3) is 3.17. The lowest BCUT2D eigenvalue weighted by Crippen LogP contribution is -2.25. The zero-order valence-corrected chi connectivity index (χ0v) is 10.6. The van der Waals surface area contributed by atoms with Gasteiger partial charge < -0.3 is 5.11 Å². The number of rotatable bonds is 3. The summed E-state index contributed by atoms with van der Waals surface area (Å²) in [5, 5.41) is 10.3. The maximum atomic E-state index is 13.5. The molecule has 1 nitrogen and oxygen atoms in total. The van der Waals surface area contributed by atoms with Crippen molar-refractivity contribution in [2.75, 3.05) is 0 Å². The minimum Gasteiger partial charge on any atom is -0.385 e. The van der Waals surface area contributed by atoms with Gasteiger partial charge in [0, 0.05) is 12.5 Å². The molecule has 0 aliphatic carbocycles. The van der Waals surface area contributed by atoms with Crippen molar-refractivity contribution in [2.24, 2.45) is 0 Å². The monoisotopic (exact) mass is 284 g/mol. The molecule has 0 spiro atoms.